The van der Waals surface area contributed by atoms with Gasteiger partial charge in [0.1, 0.15) is 0 Å². The van der Waals surface area contributed by atoms with Crippen LogP contribution in [0.3, 0.4) is 0 Å². The highest BCUT2D eigenvalue weighted by molar-refractivity contribution is 6.73. The van der Waals surface area contributed by atoms with Crippen LogP contribution in [0.15, 0.2) is 23.5 Å². The lowest BCUT2D eigenvalue weighted by atomic mass is 9.71. The maximum Gasteiger partial charge on any atom is 0.250 e. The lowest BCUT2D eigenvalue weighted by Gasteiger charge is -2.44. The first-order valence-corrected chi connectivity index (χ1v) is 16.8. The molecule has 2 nitrogen and oxygen atoms in total. The van der Waals surface area contributed by atoms with Crippen LogP contribution in [0.5, 0.6) is 0 Å². The van der Waals surface area contributed by atoms with E-state index in [1.54, 1.807) is 0 Å². The van der Waals surface area contributed by atoms with Crippen molar-refractivity contribution >= 4 is 18.1 Å². The van der Waals surface area contributed by atoms with Gasteiger partial charge in [0, 0.05) is 12.3 Å². The molecule has 1 rings (SSSR count). The Bertz CT molecular complexity index is 587. The van der Waals surface area contributed by atoms with Gasteiger partial charge >= 0.3 is 0 Å². The van der Waals surface area contributed by atoms with E-state index >= 15 is 0 Å². The van der Waals surface area contributed by atoms with Gasteiger partial charge in [0.25, 0.3) is 0 Å². The summed E-state index contributed by atoms with van der Waals surface area (Å²) in [6.45, 7) is 25.6. The van der Waals surface area contributed by atoms with Crippen molar-refractivity contribution in [2.45, 2.75) is 131 Å². The fraction of sp³-hybridized carbons (Fsp3) is 0.852. The molecule has 0 N–H and O–H groups in total. The van der Waals surface area contributed by atoms with E-state index in [-0.39, 0.29) is 5.60 Å². The van der Waals surface area contributed by atoms with Crippen LogP contribution >= 0.6 is 0 Å². The van der Waals surface area contributed by atoms with Crippen molar-refractivity contribution < 1.29 is 8.85 Å². The molecular weight excluding hydrogens is 412 g/mol. The van der Waals surface area contributed by atoms with Crippen molar-refractivity contribution in [2.75, 3.05) is 0 Å². The maximum absolute atomic E-state index is 6.87. The molecule has 4 heteroatoms. The molecule has 1 unspecified atom stereocenters. The van der Waals surface area contributed by atoms with Gasteiger partial charge in [0.2, 0.25) is 8.32 Å². The second kappa shape index (κ2) is 12.2. The molecule has 182 valence electrons. The molecule has 0 saturated heterocycles. The zero-order chi connectivity index (χ0) is 23.9. The summed E-state index contributed by atoms with van der Waals surface area (Å²) in [5.74, 6) is 2.98. The van der Waals surface area contributed by atoms with Crippen LogP contribution in [-0.4, -0.2) is 23.7 Å². The molecule has 0 aromatic heterocycles. The van der Waals surface area contributed by atoms with Gasteiger partial charge < -0.3 is 8.85 Å². The molecule has 0 heterocycles. The summed E-state index contributed by atoms with van der Waals surface area (Å²) in [6.07, 6.45) is 9.67. The highest BCUT2D eigenvalue weighted by atomic mass is 28.4. The molecule has 0 fully saturated rings. The van der Waals surface area contributed by atoms with Crippen molar-refractivity contribution in [2.24, 2.45) is 17.8 Å². The molecule has 1 aliphatic carbocycles. The first kappa shape index (κ1) is 28.7. The number of hydrogen-bond acceptors (Lipinski definition) is 2. The molecule has 31 heavy (non-hydrogen) atoms. The van der Waals surface area contributed by atoms with Crippen LogP contribution in [0.1, 0.15) is 102 Å². The summed E-state index contributed by atoms with van der Waals surface area (Å²) in [5.41, 5.74) is 1.42. The molecule has 0 aromatic rings. The molecule has 0 saturated carbocycles. The highest BCUT2D eigenvalue weighted by Gasteiger charge is 2.40. The first-order valence-electron chi connectivity index (χ1n) is 13.0. The smallest absolute Gasteiger partial charge is 0.250 e. The number of allylic oxidation sites excluding steroid dienone is 4. The van der Waals surface area contributed by atoms with Gasteiger partial charge in [-0.25, -0.2) is 0 Å². The predicted octanol–water partition coefficient (Wildman–Crippen LogP) is 8.40. The SMILES string of the molecule is CC[Si](CC)(CC)OC1=C[C@H](C(C)=CCCC(C)C)C(C(C)(C)O[SiH2]C(C)(C)C)CC1. The quantitative estimate of drug-likeness (QED) is 0.212. The molecule has 0 aliphatic heterocycles. The Kier molecular flexibility index (Phi) is 11.3. The molecule has 1 aliphatic rings. The van der Waals surface area contributed by atoms with Crippen LogP contribution in [0.25, 0.3) is 0 Å². The van der Waals surface area contributed by atoms with Crippen LogP contribution in [-0.2, 0) is 8.85 Å². The molecule has 0 aromatic carbocycles. The Morgan fingerprint density at radius 1 is 1.13 bits per heavy atom. The third-order valence-corrected chi connectivity index (χ3v) is 13.6. The molecule has 2 atom stereocenters. The zero-order valence-corrected chi connectivity index (χ0v) is 25.3. The van der Waals surface area contributed by atoms with E-state index in [1.165, 1.54) is 48.7 Å². The lowest BCUT2D eigenvalue weighted by Crippen LogP contribution is -2.43. The van der Waals surface area contributed by atoms with E-state index in [2.05, 4.69) is 88.3 Å². The fourth-order valence-corrected chi connectivity index (χ4v) is 8.40. The van der Waals surface area contributed by atoms with E-state index < -0.39 is 18.1 Å². The largest absolute Gasteiger partial charge is 0.547 e. The van der Waals surface area contributed by atoms with E-state index in [0.717, 1.165) is 12.3 Å². The monoisotopic (exact) mass is 466 g/mol. The van der Waals surface area contributed by atoms with Crippen LogP contribution in [0.2, 0.25) is 23.2 Å². The molecule has 0 radical (unpaired) electrons. The van der Waals surface area contributed by atoms with Gasteiger partial charge in [0.15, 0.2) is 9.76 Å². The highest BCUT2D eigenvalue weighted by Crippen LogP contribution is 2.43. The van der Waals surface area contributed by atoms with Gasteiger partial charge in [-0.1, -0.05) is 67.0 Å². The Hall–Kier alpha value is -0.326. The first-order chi connectivity index (χ1) is 14.3. The van der Waals surface area contributed by atoms with Crippen molar-refractivity contribution in [3.63, 3.8) is 0 Å². The second-order valence-corrected chi connectivity index (χ2v) is 19.4. The van der Waals surface area contributed by atoms with Gasteiger partial charge in [-0.3, -0.25) is 0 Å². The van der Waals surface area contributed by atoms with Crippen molar-refractivity contribution in [1.29, 1.82) is 0 Å². The normalized spacial score (nSPS) is 21.8. The lowest BCUT2D eigenvalue weighted by molar-refractivity contribution is 0.0192. The summed E-state index contributed by atoms with van der Waals surface area (Å²) in [5, 5.41) is 0.322. The summed E-state index contributed by atoms with van der Waals surface area (Å²) in [4.78, 5) is 0. The fourth-order valence-electron chi connectivity index (χ4n) is 4.73. The van der Waals surface area contributed by atoms with Crippen molar-refractivity contribution in [3.05, 3.63) is 23.5 Å². The average molecular weight is 467 g/mol. The van der Waals surface area contributed by atoms with Gasteiger partial charge in [-0.2, -0.15) is 0 Å². The molecular formula is C27H54O2Si2. The molecule has 0 bridgehead atoms. The van der Waals surface area contributed by atoms with Gasteiger partial charge in [-0.15, -0.1) is 0 Å². The molecule has 0 amide bonds. The number of hydrogen-bond donors (Lipinski definition) is 0. The Morgan fingerprint density at radius 2 is 1.71 bits per heavy atom. The maximum atomic E-state index is 6.87. The van der Waals surface area contributed by atoms with E-state index in [0.29, 0.717) is 16.9 Å². The third kappa shape index (κ3) is 9.21. The minimum absolute atomic E-state index is 0.0892. The second-order valence-electron chi connectivity index (χ2n) is 12.0. The van der Waals surface area contributed by atoms with E-state index in [1.807, 2.05) is 0 Å². The van der Waals surface area contributed by atoms with Gasteiger partial charge in [0.05, 0.1) is 11.4 Å². The Balaban J connectivity index is 3.19. The standard InChI is InChI=1S/C27H54O2Si2/c1-12-31(13-2,14-3)28-23-18-19-25(27(10,11)29-30-26(7,8)9)24(20-23)22(6)17-15-16-21(4)5/h17,20-21,24-25H,12-16,18-19,30H2,1-11H3/t24-,25?/m1/s1. The van der Waals surface area contributed by atoms with Crippen LogP contribution in [0, 0.1) is 17.8 Å². The summed E-state index contributed by atoms with van der Waals surface area (Å²) in [6, 6.07) is 3.63. The summed E-state index contributed by atoms with van der Waals surface area (Å²) >= 11 is 0. The summed E-state index contributed by atoms with van der Waals surface area (Å²) < 4.78 is 13.6. The van der Waals surface area contributed by atoms with Gasteiger partial charge in [-0.05, 0) is 81.1 Å². The predicted molar refractivity (Wildman–Crippen MR) is 144 cm³/mol. The van der Waals surface area contributed by atoms with Crippen LogP contribution < -0.4 is 0 Å². The van der Waals surface area contributed by atoms with Crippen molar-refractivity contribution in [3.8, 4) is 0 Å². The van der Waals surface area contributed by atoms with Crippen molar-refractivity contribution in [1.82, 2.24) is 0 Å². The average Bonchev–Trinajstić information content (AvgIpc) is 2.69. The molecule has 0 spiro atoms. The topological polar surface area (TPSA) is 18.5 Å². The Labute approximate surface area is 198 Å². The van der Waals surface area contributed by atoms with E-state index in [4.69, 9.17) is 8.85 Å². The zero-order valence-electron chi connectivity index (χ0n) is 22.9. The summed E-state index contributed by atoms with van der Waals surface area (Å²) in [7, 11) is -2.22. The minimum atomic E-state index is -1.63. The minimum Gasteiger partial charge on any atom is -0.547 e. The Morgan fingerprint density at radius 3 is 2.19 bits per heavy atom. The van der Waals surface area contributed by atoms with Crippen LogP contribution in [0.4, 0.5) is 0 Å². The number of rotatable bonds is 12. The third-order valence-electron chi connectivity index (χ3n) is 7.29. The van der Waals surface area contributed by atoms with E-state index in [9.17, 15) is 0 Å².